The predicted octanol–water partition coefficient (Wildman–Crippen LogP) is 4.86. The van der Waals surface area contributed by atoms with Crippen molar-refractivity contribution in [2.75, 3.05) is 11.3 Å². The zero-order chi connectivity index (χ0) is 22.6. The number of carbonyl (C=O) groups excluding carboxylic acids is 1. The lowest BCUT2D eigenvalue weighted by Crippen LogP contribution is -2.16. The van der Waals surface area contributed by atoms with Gasteiger partial charge in [0.25, 0.3) is 15.7 Å². The van der Waals surface area contributed by atoms with Crippen LogP contribution in [0.2, 0.25) is 0 Å². The topological polar surface area (TPSA) is 116 Å². The van der Waals surface area contributed by atoms with Crippen molar-refractivity contribution in [2.24, 2.45) is 0 Å². The summed E-state index contributed by atoms with van der Waals surface area (Å²) in [5.41, 5.74) is 1.88. The molecule has 0 aliphatic heterocycles. The van der Waals surface area contributed by atoms with E-state index in [9.17, 15) is 23.3 Å². The van der Waals surface area contributed by atoms with Gasteiger partial charge in [-0.2, -0.15) is 0 Å². The number of thiophene rings is 1. The fraction of sp³-hybridized carbons (Fsp3) is 0.190. The summed E-state index contributed by atoms with van der Waals surface area (Å²) < 4.78 is 33.3. The van der Waals surface area contributed by atoms with Crippen molar-refractivity contribution in [3.8, 4) is 11.1 Å². The quantitative estimate of drug-likeness (QED) is 0.291. The molecular formula is C21H20N2O6S2. The summed E-state index contributed by atoms with van der Waals surface area (Å²) >= 11 is 1.01. The summed E-state index contributed by atoms with van der Waals surface area (Å²) in [4.78, 5) is 22.7. The van der Waals surface area contributed by atoms with Crippen molar-refractivity contribution in [3.63, 3.8) is 0 Å². The summed E-state index contributed by atoms with van der Waals surface area (Å²) in [5.74, 6) is -0.682. The lowest BCUT2D eigenvalue weighted by molar-refractivity contribution is -0.387. The summed E-state index contributed by atoms with van der Waals surface area (Å²) in [7, 11) is -4.33. The van der Waals surface area contributed by atoms with Crippen molar-refractivity contribution in [1.29, 1.82) is 0 Å². The number of nitro benzene ring substituents is 1. The van der Waals surface area contributed by atoms with Crippen LogP contribution in [-0.4, -0.2) is 25.9 Å². The molecule has 31 heavy (non-hydrogen) atoms. The number of esters is 1. The Morgan fingerprint density at radius 3 is 2.42 bits per heavy atom. The molecule has 2 aromatic carbocycles. The molecular weight excluding hydrogens is 440 g/mol. The van der Waals surface area contributed by atoms with Gasteiger partial charge in [0, 0.05) is 17.0 Å². The first kappa shape index (κ1) is 22.4. The number of sulfonamides is 1. The maximum absolute atomic E-state index is 12.9. The molecule has 1 N–H and O–H groups in total. The van der Waals surface area contributed by atoms with E-state index in [0.717, 1.165) is 41.0 Å². The SMILES string of the molecule is CCOC(=O)c1c(-c2ccc(CC)cc2)csc1NS(=O)(=O)c1ccccc1[N+](=O)[O-]. The van der Waals surface area contributed by atoms with Crippen LogP contribution in [0.25, 0.3) is 11.1 Å². The minimum absolute atomic E-state index is 0.0335. The molecule has 0 aliphatic rings. The first-order chi connectivity index (χ1) is 14.8. The number of para-hydroxylation sites is 1. The smallest absolute Gasteiger partial charge is 0.341 e. The maximum Gasteiger partial charge on any atom is 0.341 e. The molecule has 0 unspecified atom stereocenters. The number of carbonyl (C=O) groups is 1. The fourth-order valence-electron chi connectivity index (χ4n) is 2.98. The maximum atomic E-state index is 12.9. The Labute approximate surface area is 183 Å². The minimum atomic E-state index is -4.33. The van der Waals surface area contributed by atoms with Gasteiger partial charge in [0.15, 0.2) is 4.90 Å². The van der Waals surface area contributed by atoms with Crippen molar-refractivity contribution in [1.82, 2.24) is 0 Å². The van der Waals surface area contributed by atoms with E-state index in [2.05, 4.69) is 4.72 Å². The van der Waals surface area contributed by atoms with Crippen LogP contribution in [-0.2, 0) is 21.2 Å². The molecule has 0 spiro atoms. The first-order valence-electron chi connectivity index (χ1n) is 9.42. The molecule has 0 amide bonds. The van der Waals surface area contributed by atoms with Gasteiger partial charge in [-0.15, -0.1) is 11.3 Å². The summed E-state index contributed by atoms with van der Waals surface area (Å²) in [6, 6.07) is 12.6. The van der Waals surface area contributed by atoms with Gasteiger partial charge >= 0.3 is 5.97 Å². The zero-order valence-electron chi connectivity index (χ0n) is 16.8. The Kier molecular flexibility index (Phi) is 6.71. The normalized spacial score (nSPS) is 11.2. The number of hydrogen-bond donors (Lipinski definition) is 1. The molecule has 0 fully saturated rings. The highest BCUT2D eigenvalue weighted by atomic mass is 32.2. The molecule has 3 aromatic rings. The van der Waals surface area contributed by atoms with Gasteiger partial charge in [-0.05, 0) is 30.5 Å². The molecule has 0 saturated carbocycles. The van der Waals surface area contributed by atoms with Crippen LogP contribution >= 0.6 is 11.3 Å². The average Bonchev–Trinajstić information content (AvgIpc) is 3.16. The number of aryl methyl sites for hydroxylation is 1. The summed E-state index contributed by atoms with van der Waals surface area (Å²) in [5, 5.41) is 13.0. The highest BCUT2D eigenvalue weighted by Gasteiger charge is 2.29. The molecule has 0 radical (unpaired) electrons. The Balaban J connectivity index is 2.08. The molecule has 1 aromatic heterocycles. The van der Waals surface area contributed by atoms with E-state index in [-0.39, 0.29) is 17.2 Å². The van der Waals surface area contributed by atoms with Gasteiger partial charge < -0.3 is 4.74 Å². The van der Waals surface area contributed by atoms with Gasteiger partial charge in [-0.25, -0.2) is 13.2 Å². The van der Waals surface area contributed by atoms with Gasteiger partial charge in [0.2, 0.25) is 0 Å². The number of anilines is 1. The summed E-state index contributed by atoms with van der Waals surface area (Å²) in [6.07, 6.45) is 0.857. The monoisotopic (exact) mass is 460 g/mol. The Bertz CT molecular complexity index is 1220. The van der Waals surface area contributed by atoms with E-state index >= 15 is 0 Å². The molecule has 3 rings (SSSR count). The van der Waals surface area contributed by atoms with Gasteiger partial charge in [-0.3, -0.25) is 14.8 Å². The van der Waals surface area contributed by atoms with Gasteiger partial charge in [0.1, 0.15) is 10.6 Å². The number of ether oxygens (including phenoxy) is 1. The van der Waals surface area contributed by atoms with Crippen LogP contribution in [0.15, 0.2) is 58.8 Å². The number of nitrogens with zero attached hydrogens (tertiary/aromatic N) is 1. The standard InChI is InChI=1S/C21H20N2O6S2/c1-3-14-9-11-15(12-10-14)16-13-30-20(19(16)21(24)29-4-2)22-31(27,28)18-8-6-5-7-17(18)23(25)26/h5-13,22H,3-4H2,1-2H3. The van der Waals surface area contributed by atoms with E-state index < -0.39 is 31.5 Å². The molecule has 162 valence electrons. The van der Waals surface area contributed by atoms with Crippen LogP contribution in [0.3, 0.4) is 0 Å². The van der Waals surface area contributed by atoms with Crippen LogP contribution in [0.4, 0.5) is 10.7 Å². The third-order valence-corrected chi connectivity index (χ3v) is 6.94. The predicted molar refractivity (Wildman–Crippen MR) is 119 cm³/mol. The second kappa shape index (κ2) is 9.27. The van der Waals surface area contributed by atoms with Crippen LogP contribution in [0.5, 0.6) is 0 Å². The Morgan fingerprint density at radius 1 is 1.13 bits per heavy atom. The Morgan fingerprint density at radius 2 is 1.81 bits per heavy atom. The van der Waals surface area contributed by atoms with Crippen LogP contribution in [0.1, 0.15) is 29.8 Å². The van der Waals surface area contributed by atoms with E-state index in [1.165, 1.54) is 12.1 Å². The van der Waals surface area contributed by atoms with E-state index in [1.54, 1.807) is 12.3 Å². The van der Waals surface area contributed by atoms with Gasteiger partial charge in [0.05, 0.1) is 11.5 Å². The molecule has 0 bridgehead atoms. The van der Waals surface area contributed by atoms with Crippen molar-refractivity contribution in [3.05, 3.63) is 75.2 Å². The molecule has 0 atom stereocenters. The molecule has 0 saturated heterocycles. The fourth-order valence-corrected chi connectivity index (χ4v) is 5.44. The lowest BCUT2D eigenvalue weighted by Gasteiger charge is -2.10. The van der Waals surface area contributed by atoms with Gasteiger partial charge in [-0.1, -0.05) is 43.3 Å². The number of rotatable bonds is 8. The highest BCUT2D eigenvalue weighted by Crippen LogP contribution is 2.38. The lowest BCUT2D eigenvalue weighted by atomic mass is 10.0. The van der Waals surface area contributed by atoms with Crippen molar-refractivity contribution >= 4 is 38.0 Å². The van der Waals surface area contributed by atoms with Crippen LogP contribution < -0.4 is 4.72 Å². The van der Waals surface area contributed by atoms with E-state index in [1.807, 2.05) is 31.2 Å². The van der Waals surface area contributed by atoms with Crippen molar-refractivity contribution in [2.45, 2.75) is 25.2 Å². The third kappa shape index (κ3) is 4.75. The molecule has 1 heterocycles. The molecule has 8 nitrogen and oxygen atoms in total. The van der Waals surface area contributed by atoms with Crippen molar-refractivity contribution < 1.29 is 22.9 Å². The van der Waals surface area contributed by atoms with Crippen LogP contribution in [0, 0.1) is 10.1 Å². The highest BCUT2D eigenvalue weighted by molar-refractivity contribution is 7.93. The first-order valence-corrected chi connectivity index (χ1v) is 11.8. The minimum Gasteiger partial charge on any atom is -0.462 e. The second-order valence-corrected chi connectivity index (χ2v) is 8.99. The average molecular weight is 461 g/mol. The van der Waals surface area contributed by atoms with E-state index in [4.69, 9.17) is 4.74 Å². The number of hydrogen-bond acceptors (Lipinski definition) is 7. The summed E-state index contributed by atoms with van der Waals surface area (Å²) in [6.45, 7) is 3.79. The number of nitro groups is 1. The third-order valence-electron chi connectivity index (χ3n) is 4.52. The molecule has 0 aliphatic carbocycles. The second-order valence-electron chi connectivity index (χ2n) is 6.45. The zero-order valence-corrected chi connectivity index (χ0v) is 18.5. The largest absolute Gasteiger partial charge is 0.462 e. The Hall–Kier alpha value is -3.24. The number of nitrogens with one attached hydrogen (secondary N) is 1. The number of benzene rings is 2. The molecule has 10 heteroatoms. The van der Waals surface area contributed by atoms with E-state index in [0.29, 0.717) is 5.56 Å².